The van der Waals surface area contributed by atoms with Gasteiger partial charge in [-0.1, -0.05) is 6.07 Å². The normalized spacial score (nSPS) is 28.7. The van der Waals surface area contributed by atoms with Crippen LogP contribution in [0.2, 0.25) is 0 Å². The maximum Gasteiger partial charge on any atom is 0.217 e. The van der Waals surface area contributed by atoms with Crippen molar-refractivity contribution < 1.29 is 24.1 Å². The van der Waals surface area contributed by atoms with E-state index < -0.39 is 11.6 Å². The van der Waals surface area contributed by atoms with Crippen molar-refractivity contribution in [3.05, 3.63) is 23.8 Å². The second kappa shape index (κ2) is 10.8. The first-order valence-electron chi connectivity index (χ1n) is 11.5. The van der Waals surface area contributed by atoms with Gasteiger partial charge in [0.05, 0.1) is 31.5 Å². The minimum atomic E-state index is -1.04. The molecule has 2 heterocycles. The van der Waals surface area contributed by atoms with E-state index in [-0.39, 0.29) is 18.1 Å². The van der Waals surface area contributed by atoms with E-state index >= 15 is 0 Å². The maximum atomic E-state index is 11.6. The number of carbonyl (C=O) groups is 1. The summed E-state index contributed by atoms with van der Waals surface area (Å²) < 4.78 is 17.7. The minimum Gasteiger partial charge on any atom is -0.493 e. The van der Waals surface area contributed by atoms with E-state index in [0.717, 1.165) is 49.5 Å². The van der Waals surface area contributed by atoms with E-state index in [9.17, 15) is 9.90 Å². The molecule has 2 aliphatic rings. The number of carbonyl (C=O) groups excluding carboxylic acids is 1. The van der Waals surface area contributed by atoms with Gasteiger partial charge in [-0.3, -0.25) is 9.69 Å². The van der Waals surface area contributed by atoms with Crippen molar-refractivity contribution in [2.24, 2.45) is 0 Å². The summed E-state index contributed by atoms with van der Waals surface area (Å²) in [6.45, 7) is 6.71. The molecule has 8 heteroatoms. The van der Waals surface area contributed by atoms with Gasteiger partial charge in [-0.2, -0.15) is 0 Å². The van der Waals surface area contributed by atoms with Gasteiger partial charge in [0.25, 0.3) is 0 Å². The molecule has 4 atom stereocenters. The van der Waals surface area contributed by atoms with Crippen molar-refractivity contribution in [1.29, 1.82) is 0 Å². The molecule has 2 N–H and O–H groups in total. The Morgan fingerprint density at radius 3 is 2.84 bits per heavy atom. The summed E-state index contributed by atoms with van der Waals surface area (Å²) >= 11 is 0. The number of aliphatic hydroxyl groups is 1. The highest BCUT2D eigenvalue weighted by atomic mass is 16.5. The largest absolute Gasteiger partial charge is 0.493 e. The molecule has 0 unspecified atom stereocenters. The highest BCUT2D eigenvalue weighted by Gasteiger charge is 2.44. The molecule has 8 nitrogen and oxygen atoms in total. The zero-order valence-corrected chi connectivity index (χ0v) is 20.1. The zero-order valence-electron chi connectivity index (χ0n) is 20.1. The lowest BCUT2D eigenvalue weighted by atomic mass is 9.85. The van der Waals surface area contributed by atoms with Crippen LogP contribution >= 0.6 is 0 Å². The third kappa shape index (κ3) is 6.34. The van der Waals surface area contributed by atoms with Crippen LogP contribution < -0.4 is 14.8 Å². The number of piperidine rings is 1. The molecule has 0 bridgehead atoms. The second-order valence-corrected chi connectivity index (χ2v) is 9.50. The quantitative estimate of drug-likeness (QED) is 0.624. The lowest BCUT2D eigenvalue weighted by molar-refractivity contribution is -0.122. The van der Waals surface area contributed by atoms with Crippen LogP contribution in [0, 0.1) is 0 Å². The van der Waals surface area contributed by atoms with Crippen molar-refractivity contribution >= 4 is 5.91 Å². The Morgan fingerprint density at radius 2 is 2.16 bits per heavy atom. The first kappa shape index (κ1) is 24.8. The summed E-state index contributed by atoms with van der Waals surface area (Å²) in [6, 6.07) is 5.75. The van der Waals surface area contributed by atoms with Crippen LogP contribution in [0.25, 0.3) is 0 Å². The zero-order chi connectivity index (χ0) is 23.3. The molecule has 1 aromatic carbocycles. The van der Waals surface area contributed by atoms with Crippen molar-refractivity contribution in [3.63, 3.8) is 0 Å². The highest BCUT2D eigenvalue weighted by Crippen LogP contribution is 2.34. The lowest BCUT2D eigenvalue weighted by Gasteiger charge is -2.42. The van der Waals surface area contributed by atoms with Crippen LogP contribution in [-0.4, -0.2) is 92.1 Å². The van der Waals surface area contributed by atoms with Gasteiger partial charge in [0, 0.05) is 26.1 Å². The van der Waals surface area contributed by atoms with Crippen molar-refractivity contribution in [1.82, 2.24) is 15.1 Å². The summed E-state index contributed by atoms with van der Waals surface area (Å²) in [5.74, 6) is 1.32. The molecule has 2 aliphatic heterocycles. The van der Waals surface area contributed by atoms with Gasteiger partial charge in [-0.25, -0.2) is 0 Å². The van der Waals surface area contributed by atoms with E-state index in [1.165, 1.54) is 6.92 Å². The summed E-state index contributed by atoms with van der Waals surface area (Å²) in [7, 11) is 5.69. The number of rotatable bonds is 8. The standard InChI is InChI=1S/C24H39N3O5/c1-17(28)25-23-16-32-20-7-6-10-27(19(20)14-24(23,2)29)15-18-8-9-21(22(13-18)30-5)31-12-11-26(3)4/h8-9,13,19-20,23,29H,6-7,10-12,14-16H2,1-5H3,(H,25,28)/t19-,20-,23-,24-/m1/s1. The number of likely N-dealkylation sites (N-methyl/N-ethyl adjacent to an activating group) is 1. The molecule has 0 aliphatic carbocycles. The lowest BCUT2D eigenvalue weighted by Crippen LogP contribution is -2.55. The Morgan fingerprint density at radius 1 is 1.38 bits per heavy atom. The number of amides is 1. The predicted molar refractivity (Wildman–Crippen MR) is 123 cm³/mol. The Hall–Kier alpha value is -1.87. The summed E-state index contributed by atoms with van der Waals surface area (Å²) in [5.41, 5.74) is 0.0902. The first-order valence-corrected chi connectivity index (χ1v) is 11.5. The fourth-order valence-electron chi connectivity index (χ4n) is 4.65. The average Bonchev–Trinajstić information content (AvgIpc) is 2.85. The predicted octanol–water partition coefficient (Wildman–Crippen LogP) is 1.64. The van der Waals surface area contributed by atoms with Gasteiger partial charge in [-0.15, -0.1) is 0 Å². The average molecular weight is 450 g/mol. The summed E-state index contributed by atoms with van der Waals surface area (Å²) in [6.07, 6.45) is 2.60. The number of nitrogens with one attached hydrogen (secondary N) is 1. The SMILES string of the molecule is COc1cc(CN2CCC[C@H]3OC[C@@H](NC(C)=O)[C@](C)(O)C[C@H]32)ccc1OCCN(C)C. The Labute approximate surface area is 191 Å². The van der Waals surface area contributed by atoms with Crippen LogP contribution in [-0.2, 0) is 16.1 Å². The fourth-order valence-corrected chi connectivity index (χ4v) is 4.65. The molecule has 2 fully saturated rings. The molecule has 0 radical (unpaired) electrons. The number of likely N-dealkylation sites (tertiary alicyclic amines) is 1. The van der Waals surface area contributed by atoms with E-state index in [1.807, 2.05) is 26.2 Å². The first-order chi connectivity index (χ1) is 15.2. The molecule has 0 spiro atoms. The van der Waals surface area contributed by atoms with Crippen LogP contribution in [0.5, 0.6) is 11.5 Å². The monoisotopic (exact) mass is 449 g/mol. The Bertz CT molecular complexity index is 770. The number of fused-ring (bicyclic) bond motifs is 1. The number of ether oxygens (including phenoxy) is 3. The van der Waals surface area contributed by atoms with Gasteiger partial charge in [0.15, 0.2) is 11.5 Å². The number of methoxy groups -OCH3 is 1. The molecular weight excluding hydrogens is 410 g/mol. The van der Waals surface area contributed by atoms with Crippen LogP contribution in [0.15, 0.2) is 18.2 Å². The topological polar surface area (TPSA) is 83.5 Å². The molecule has 32 heavy (non-hydrogen) atoms. The van der Waals surface area contributed by atoms with Gasteiger partial charge in [0.1, 0.15) is 6.61 Å². The third-order valence-corrected chi connectivity index (χ3v) is 6.47. The minimum absolute atomic E-state index is 0.0459. The van der Waals surface area contributed by atoms with E-state index in [1.54, 1.807) is 14.0 Å². The molecule has 180 valence electrons. The van der Waals surface area contributed by atoms with Crippen LogP contribution in [0.3, 0.4) is 0 Å². The van der Waals surface area contributed by atoms with Crippen LogP contribution in [0.1, 0.15) is 38.7 Å². The third-order valence-electron chi connectivity index (χ3n) is 6.47. The summed E-state index contributed by atoms with van der Waals surface area (Å²) in [4.78, 5) is 16.1. The second-order valence-electron chi connectivity index (χ2n) is 9.50. The van der Waals surface area contributed by atoms with Gasteiger partial charge < -0.3 is 29.5 Å². The van der Waals surface area contributed by atoms with Crippen molar-refractivity contribution in [2.75, 3.05) is 47.5 Å². The van der Waals surface area contributed by atoms with E-state index in [2.05, 4.69) is 21.2 Å². The summed E-state index contributed by atoms with van der Waals surface area (Å²) in [5, 5.41) is 14.0. The van der Waals surface area contributed by atoms with E-state index in [4.69, 9.17) is 14.2 Å². The van der Waals surface area contributed by atoms with Crippen LogP contribution in [0.4, 0.5) is 0 Å². The molecule has 0 aromatic heterocycles. The van der Waals surface area contributed by atoms with Crippen molar-refractivity contribution in [2.45, 2.75) is 63.4 Å². The van der Waals surface area contributed by atoms with E-state index in [0.29, 0.717) is 19.6 Å². The van der Waals surface area contributed by atoms with Gasteiger partial charge in [-0.05, 0) is 64.5 Å². The molecule has 1 amide bonds. The maximum absolute atomic E-state index is 11.6. The fraction of sp³-hybridized carbons (Fsp3) is 0.708. The molecule has 3 rings (SSSR count). The highest BCUT2D eigenvalue weighted by molar-refractivity contribution is 5.73. The molecule has 2 saturated heterocycles. The number of hydrogen-bond donors (Lipinski definition) is 2. The number of benzene rings is 1. The smallest absolute Gasteiger partial charge is 0.217 e. The Balaban J connectivity index is 1.71. The molecule has 0 saturated carbocycles. The van der Waals surface area contributed by atoms with Gasteiger partial charge in [0.2, 0.25) is 5.91 Å². The number of nitrogens with zero attached hydrogens (tertiary/aromatic N) is 2. The molecule has 1 aromatic rings. The Kier molecular flexibility index (Phi) is 8.38. The van der Waals surface area contributed by atoms with Gasteiger partial charge >= 0.3 is 0 Å². The van der Waals surface area contributed by atoms with Crippen molar-refractivity contribution in [3.8, 4) is 11.5 Å². The number of hydrogen-bond acceptors (Lipinski definition) is 7. The molecular formula is C24H39N3O5.